The van der Waals surface area contributed by atoms with Gasteiger partial charge in [-0.25, -0.2) is 0 Å². The Labute approximate surface area is 141 Å². The number of aromatic nitrogens is 1. The predicted octanol–water partition coefficient (Wildman–Crippen LogP) is 2.70. The van der Waals surface area contributed by atoms with E-state index in [0.29, 0.717) is 26.2 Å². The van der Waals surface area contributed by atoms with Crippen molar-refractivity contribution in [3.63, 3.8) is 0 Å². The molecule has 1 aromatic carbocycles. The second-order valence-corrected chi connectivity index (χ2v) is 6.74. The molecule has 0 atom stereocenters. The number of nitrogens with zero attached hydrogens (tertiary/aromatic N) is 2. The van der Waals surface area contributed by atoms with E-state index in [0.717, 1.165) is 23.9 Å². The Bertz CT molecular complexity index is 808. The average molecular weight is 325 g/mol. The molecule has 5 nitrogen and oxygen atoms in total. The van der Waals surface area contributed by atoms with Crippen LogP contribution in [0.5, 0.6) is 0 Å². The summed E-state index contributed by atoms with van der Waals surface area (Å²) in [7, 11) is 0. The summed E-state index contributed by atoms with van der Waals surface area (Å²) >= 11 is 0. The molecule has 5 heteroatoms. The number of fused-ring (bicyclic) bond motifs is 3. The molecule has 1 saturated heterocycles. The highest BCUT2D eigenvalue weighted by molar-refractivity contribution is 6.07. The molecule has 2 aromatic rings. The first-order chi connectivity index (χ1) is 11.7. The van der Waals surface area contributed by atoms with Gasteiger partial charge in [0.25, 0.3) is 5.91 Å². The first-order valence-corrected chi connectivity index (χ1v) is 8.88. The highest BCUT2D eigenvalue weighted by atomic mass is 16.2. The van der Waals surface area contributed by atoms with Crippen molar-refractivity contribution in [1.29, 1.82) is 0 Å². The molecule has 1 aliphatic heterocycles. The number of H-pyrrole nitrogens is 1. The van der Waals surface area contributed by atoms with Gasteiger partial charge in [0.2, 0.25) is 5.91 Å². The first-order valence-electron chi connectivity index (χ1n) is 8.88. The zero-order chi connectivity index (χ0) is 16.7. The van der Waals surface area contributed by atoms with E-state index < -0.39 is 0 Å². The fraction of sp³-hybridized carbons (Fsp3) is 0.474. The Balaban J connectivity index is 1.66. The van der Waals surface area contributed by atoms with Crippen molar-refractivity contribution in [2.75, 3.05) is 19.8 Å². The molecule has 2 amide bonds. The first kappa shape index (κ1) is 15.2. The molecule has 0 bridgehead atoms. The van der Waals surface area contributed by atoms with Gasteiger partial charge in [-0.3, -0.25) is 9.59 Å². The molecule has 2 aliphatic rings. The molecule has 126 valence electrons. The van der Waals surface area contributed by atoms with E-state index in [1.54, 1.807) is 9.80 Å². The van der Waals surface area contributed by atoms with Crippen LogP contribution in [0.2, 0.25) is 0 Å². The second-order valence-electron chi connectivity index (χ2n) is 6.74. The predicted molar refractivity (Wildman–Crippen MR) is 92.8 cm³/mol. The number of aromatic amines is 1. The fourth-order valence-electron chi connectivity index (χ4n) is 3.96. The number of carbonyl (C=O) groups excluding carboxylic acids is 2. The van der Waals surface area contributed by atoms with E-state index in [1.807, 2.05) is 19.1 Å². The van der Waals surface area contributed by atoms with Crippen LogP contribution in [0.25, 0.3) is 10.9 Å². The summed E-state index contributed by atoms with van der Waals surface area (Å²) in [6, 6.07) is 5.99. The number of rotatable bonds is 2. The molecule has 1 N–H and O–H groups in total. The summed E-state index contributed by atoms with van der Waals surface area (Å²) in [5.41, 5.74) is 4.37. The number of hydrogen-bond acceptors (Lipinski definition) is 2. The van der Waals surface area contributed by atoms with Gasteiger partial charge in [0.15, 0.2) is 0 Å². The molecule has 2 heterocycles. The monoisotopic (exact) mass is 325 g/mol. The molecule has 0 unspecified atom stereocenters. The number of hydrogen-bond donors (Lipinski definition) is 1. The van der Waals surface area contributed by atoms with Gasteiger partial charge in [-0.15, -0.1) is 0 Å². The Kier molecular flexibility index (Phi) is 3.79. The number of aryl methyl sites for hydroxylation is 2. The largest absolute Gasteiger partial charge is 0.358 e. The lowest BCUT2D eigenvalue weighted by atomic mass is 9.95. The molecule has 0 radical (unpaired) electrons. The normalized spacial score (nSPS) is 17.4. The van der Waals surface area contributed by atoms with Crippen LogP contribution < -0.4 is 0 Å². The van der Waals surface area contributed by atoms with Gasteiger partial charge >= 0.3 is 0 Å². The molecular weight excluding hydrogens is 302 g/mol. The zero-order valence-electron chi connectivity index (χ0n) is 14.1. The van der Waals surface area contributed by atoms with Crippen LogP contribution in [0.1, 0.15) is 47.8 Å². The third-order valence-corrected chi connectivity index (χ3v) is 5.29. The number of amides is 2. The summed E-state index contributed by atoms with van der Waals surface area (Å²) in [5.74, 6) is 0.129. The highest BCUT2D eigenvalue weighted by Gasteiger charge is 2.29. The van der Waals surface area contributed by atoms with Crippen LogP contribution in [0.3, 0.4) is 0 Å². The molecule has 0 spiro atoms. The van der Waals surface area contributed by atoms with Gasteiger partial charge in [-0.2, -0.15) is 0 Å². The van der Waals surface area contributed by atoms with Gasteiger partial charge in [0, 0.05) is 30.6 Å². The lowest BCUT2D eigenvalue weighted by molar-refractivity contribution is -0.130. The minimum Gasteiger partial charge on any atom is -0.358 e. The quantitative estimate of drug-likeness (QED) is 0.923. The van der Waals surface area contributed by atoms with E-state index in [1.165, 1.54) is 29.5 Å². The van der Waals surface area contributed by atoms with E-state index in [4.69, 9.17) is 0 Å². The number of carbonyl (C=O) groups is 2. The summed E-state index contributed by atoms with van der Waals surface area (Å²) in [5, 5.41) is 1.19. The summed E-state index contributed by atoms with van der Waals surface area (Å²) in [6.07, 6.45) is 5.08. The molecule has 1 aromatic heterocycles. The standard InChI is InChI=1S/C19H23N3O2/c1-2-17(23)21-10-11-22(12-21)19(24)15-8-5-7-14-13-6-3-4-9-16(13)20-18(14)15/h5,7-8,20H,2-4,6,9-12H2,1H3. The maximum absolute atomic E-state index is 13.0. The van der Waals surface area contributed by atoms with Crippen molar-refractivity contribution in [2.24, 2.45) is 0 Å². The van der Waals surface area contributed by atoms with Crippen LogP contribution in [-0.4, -0.2) is 46.4 Å². The van der Waals surface area contributed by atoms with Crippen molar-refractivity contribution < 1.29 is 9.59 Å². The number of benzene rings is 1. The lowest BCUT2D eigenvalue weighted by Crippen LogP contribution is -2.33. The van der Waals surface area contributed by atoms with E-state index in [9.17, 15) is 9.59 Å². The molecule has 24 heavy (non-hydrogen) atoms. The smallest absolute Gasteiger partial charge is 0.257 e. The van der Waals surface area contributed by atoms with Gasteiger partial charge in [-0.1, -0.05) is 19.1 Å². The van der Waals surface area contributed by atoms with Gasteiger partial charge < -0.3 is 14.8 Å². The molecular formula is C19H23N3O2. The maximum Gasteiger partial charge on any atom is 0.257 e. The highest BCUT2D eigenvalue weighted by Crippen LogP contribution is 2.31. The van der Waals surface area contributed by atoms with Crippen molar-refractivity contribution >= 4 is 22.7 Å². The van der Waals surface area contributed by atoms with Crippen LogP contribution in [-0.2, 0) is 17.6 Å². The summed E-state index contributed by atoms with van der Waals surface area (Å²) < 4.78 is 0. The van der Waals surface area contributed by atoms with Crippen molar-refractivity contribution in [1.82, 2.24) is 14.8 Å². The maximum atomic E-state index is 13.0. The fourth-order valence-corrected chi connectivity index (χ4v) is 3.96. The molecule has 4 rings (SSSR count). The second kappa shape index (κ2) is 5.96. The number of nitrogens with one attached hydrogen (secondary N) is 1. The van der Waals surface area contributed by atoms with Gasteiger partial charge in [-0.05, 0) is 37.3 Å². The Morgan fingerprint density at radius 3 is 2.75 bits per heavy atom. The topological polar surface area (TPSA) is 56.4 Å². The van der Waals surface area contributed by atoms with Crippen LogP contribution in [0.4, 0.5) is 0 Å². The van der Waals surface area contributed by atoms with E-state index >= 15 is 0 Å². The Morgan fingerprint density at radius 1 is 1.12 bits per heavy atom. The molecule has 1 fully saturated rings. The minimum absolute atomic E-state index is 0.0191. The van der Waals surface area contributed by atoms with Crippen molar-refractivity contribution in [3.8, 4) is 0 Å². The Hall–Kier alpha value is -2.30. The molecule has 1 aliphatic carbocycles. The third-order valence-electron chi connectivity index (χ3n) is 5.29. The van der Waals surface area contributed by atoms with Crippen LogP contribution >= 0.6 is 0 Å². The van der Waals surface area contributed by atoms with Crippen LogP contribution in [0, 0.1) is 0 Å². The summed E-state index contributed by atoms with van der Waals surface area (Å²) in [4.78, 5) is 31.9. The zero-order valence-corrected chi connectivity index (χ0v) is 14.1. The van der Waals surface area contributed by atoms with Crippen molar-refractivity contribution in [2.45, 2.75) is 39.0 Å². The molecule has 0 saturated carbocycles. The van der Waals surface area contributed by atoms with E-state index in [-0.39, 0.29) is 11.8 Å². The van der Waals surface area contributed by atoms with Crippen molar-refractivity contribution in [3.05, 3.63) is 35.0 Å². The lowest BCUT2D eigenvalue weighted by Gasteiger charge is -2.18. The number of para-hydroxylation sites is 1. The Morgan fingerprint density at radius 2 is 1.92 bits per heavy atom. The SMILES string of the molecule is CCC(=O)N1CCN(C(=O)c2cccc3c4c([nH]c23)CCCC4)C1. The van der Waals surface area contributed by atoms with Gasteiger partial charge in [0.05, 0.1) is 17.7 Å². The van der Waals surface area contributed by atoms with Crippen LogP contribution in [0.15, 0.2) is 18.2 Å². The third kappa shape index (κ3) is 2.39. The summed E-state index contributed by atoms with van der Waals surface area (Å²) in [6.45, 7) is 3.51. The minimum atomic E-state index is 0.0191. The average Bonchev–Trinajstić information content (AvgIpc) is 3.25. The van der Waals surface area contributed by atoms with E-state index in [2.05, 4.69) is 11.1 Å². The van der Waals surface area contributed by atoms with Gasteiger partial charge in [0.1, 0.15) is 0 Å².